The zero-order valence-electron chi connectivity index (χ0n) is 15.3. The van der Waals surface area contributed by atoms with Crippen LogP contribution in [0, 0.1) is 5.92 Å². The van der Waals surface area contributed by atoms with Gasteiger partial charge in [0.05, 0.1) is 17.7 Å². The van der Waals surface area contributed by atoms with E-state index in [4.69, 9.17) is 4.99 Å². The second kappa shape index (κ2) is 7.16. The molecule has 0 aromatic heterocycles. The lowest BCUT2D eigenvalue weighted by atomic mass is 9.79. The molecule has 1 amide bonds. The maximum Gasteiger partial charge on any atom is 0.238 e. The number of fused-ring (bicyclic) bond motifs is 3. The van der Waals surface area contributed by atoms with Crippen LogP contribution in [0.15, 0.2) is 65.2 Å². The van der Waals surface area contributed by atoms with Crippen molar-refractivity contribution >= 4 is 34.7 Å². The van der Waals surface area contributed by atoms with Crippen molar-refractivity contribution in [2.24, 2.45) is 10.9 Å². The number of Topliss-reactive ketones (excluding diaryl/α,β-unsaturated/α-hetero) is 1. The van der Waals surface area contributed by atoms with E-state index in [1.54, 1.807) is 11.9 Å². The van der Waals surface area contributed by atoms with Crippen molar-refractivity contribution in [3.8, 4) is 0 Å². The molecule has 2 aromatic carbocycles. The molecule has 27 heavy (non-hydrogen) atoms. The van der Waals surface area contributed by atoms with E-state index in [1.165, 1.54) is 11.8 Å². The van der Waals surface area contributed by atoms with Crippen LogP contribution < -0.4 is 0 Å². The van der Waals surface area contributed by atoms with Crippen LogP contribution in [0.4, 0.5) is 0 Å². The van der Waals surface area contributed by atoms with Gasteiger partial charge in [-0.1, -0.05) is 78.0 Å². The molecule has 0 saturated heterocycles. The van der Waals surface area contributed by atoms with Crippen LogP contribution in [-0.2, 0) is 4.79 Å². The SMILES string of the molecule is CC1=Cc2ccccc2C2N=C(SCC(=O)c3ccccc3)N(C)C(=O)C12. The van der Waals surface area contributed by atoms with Gasteiger partial charge in [0, 0.05) is 12.6 Å². The van der Waals surface area contributed by atoms with E-state index in [2.05, 4.69) is 12.1 Å². The maximum atomic E-state index is 13.0. The van der Waals surface area contributed by atoms with E-state index >= 15 is 0 Å². The molecule has 2 aromatic rings. The highest BCUT2D eigenvalue weighted by atomic mass is 32.2. The molecule has 1 aliphatic heterocycles. The Bertz CT molecular complexity index is 965. The Morgan fingerprint density at radius 3 is 2.59 bits per heavy atom. The van der Waals surface area contributed by atoms with E-state index in [0.29, 0.717) is 10.7 Å². The second-order valence-corrected chi connectivity index (χ2v) is 7.77. The minimum absolute atomic E-state index is 0.0337. The largest absolute Gasteiger partial charge is 0.294 e. The van der Waals surface area contributed by atoms with Gasteiger partial charge in [0.25, 0.3) is 0 Å². The standard InChI is InChI=1S/C22H20N2O2S/c1-14-12-16-10-6-7-11-17(16)20-19(14)21(26)24(2)22(23-20)27-13-18(25)15-8-4-3-5-9-15/h3-12,19-20H,13H2,1-2H3. The number of amides is 1. The van der Waals surface area contributed by atoms with E-state index in [0.717, 1.165) is 16.7 Å². The summed E-state index contributed by atoms with van der Waals surface area (Å²) in [4.78, 5) is 31.9. The Labute approximate surface area is 163 Å². The first kappa shape index (κ1) is 17.7. The highest BCUT2D eigenvalue weighted by Gasteiger charge is 2.41. The van der Waals surface area contributed by atoms with Crippen molar-refractivity contribution in [2.45, 2.75) is 13.0 Å². The minimum Gasteiger partial charge on any atom is -0.294 e. The predicted octanol–water partition coefficient (Wildman–Crippen LogP) is 4.20. The lowest BCUT2D eigenvalue weighted by Crippen LogP contribution is -2.44. The summed E-state index contributed by atoms with van der Waals surface area (Å²) in [6.45, 7) is 1.99. The van der Waals surface area contributed by atoms with Crippen LogP contribution >= 0.6 is 11.8 Å². The normalized spacial score (nSPS) is 21.1. The monoisotopic (exact) mass is 376 g/mol. The number of carbonyl (C=O) groups is 2. The van der Waals surface area contributed by atoms with Gasteiger partial charge in [-0.15, -0.1) is 0 Å². The van der Waals surface area contributed by atoms with E-state index < -0.39 is 0 Å². The number of ketones is 1. The topological polar surface area (TPSA) is 49.7 Å². The summed E-state index contributed by atoms with van der Waals surface area (Å²) >= 11 is 1.33. The lowest BCUT2D eigenvalue weighted by Gasteiger charge is -2.37. The van der Waals surface area contributed by atoms with Crippen LogP contribution in [0.2, 0.25) is 0 Å². The van der Waals surface area contributed by atoms with Crippen LogP contribution in [0.3, 0.4) is 0 Å². The second-order valence-electron chi connectivity index (χ2n) is 6.83. The number of nitrogens with zero attached hydrogens (tertiary/aromatic N) is 2. The maximum absolute atomic E-state index is 13.0. The molecule has 2 unspecified atom stereocenters. The van der Waals surface area contributed by atoms with Crippen molar-refractivity contribution < 1.29 is 9.59 Å². The van der Waals surface area contributed by atoms with Gasteiger partial charge in [0.15, 0.2) is 11.0 Å². The summed E-state index contributed by atoms with van der Waals surface area (Å²) in [5, 5.41) is 0.607. The van der Waals surface area contributed by atoms with Gasteiger partial charge in [-0.25, -0.2) is 0 Å². The van der Waals surface area contributed by atoms with Crippen LogP contribution in [-0.4, -0.2) is 34.6 Å². The zero-order chi connectivity index (χ0) is 19.0. The molecule has 2 atom stereocenters. The number of rotatable bonds is 3. The van der Waals surface area contributed by atoms with Crippen LogP contribution in [0.25, 0.3) is 6.08 Å². The van der Waals surface area contributed by atoms with Gasteiger partial charge in [-0.05, 0) is 18.1 Å². The van der Waals surface area contributed by atoms with Crippen molar-refractivity contribution in [1.82, 2.24) is 4.90 Å². The Morgan fingerprint density at radius 1 is 1.11 bits per heavy atom. The van der Waals surface area contributed by atoms with Gasteiger partial charge >= 0.3 is 0 Å². The number of thioether (sulfide) groups is 1. The molecular formula is C22H20N2O2S. The molecule has 0 N–H and O–H groups in total. The number of hydrogen-bond donors (Lipinski definition) is 0. The first-order valence-electron chi connectivity index (χ1n) is 8.90. The molecule has 136 valence electrons. The molecule has 2 aliphatic rings. The Hall–Kier alpha value is -2.66. The Morgan fingerprint density at radius 2 is 1.81 bits per heavy atom. The molecule has 4 rings (SSSR count). The summed E-state index contributed by atoms with van der Waals surface area (Å²) in [6.07, 6.45) is 2.08. The lowest BCUT2D eigenvalue weighted by molar-refractivity contribution is -0.130. The fourth-order valence-corrected chi connectivity index (χ4v) is 4.53. The predicted molar refractivity (Wildman–Crippen MR) is 110 cm³/mol. The molecule has 1 heterocycles. The third-order valence-corrected chi connectivity index (χ3v) is 6.11. The third kappa shape index (κ3) is 3.23. The molecular weight excluding hydrogens is 356 g/mol. The van der Waals surface area contributed by atoms with E-state index in [9.17, 15) is 9.59 Å². The number of amidine groups is 1. The molecule has 4 nitrogen and oxygen atoms in total. The molecule has 0 fully saturated rings. The number of hydrogen-bond acceptors (Lipinski definition) is 4. The number of carbonyl (C=O) groups excluding carboxylic acids is 2. The average Bonchev–Trinajstić information content (AvgIpc) is 2.69. The highest BCUT2D eigenvalue weighted by molar-refractivity contribution is 8.14. The highest BCUT2D eigenvalue weighted by Crippen LogP contribution is 2.43. The van der Waals surface area contributed by atoms with Crippen molar-refractivity contribution in [3.05, 3.63) is 76.9 Å². The average molecular weight is 376 g/mol. The minimum atomic E-state index is -0.265. The van der Waals surface area contributed by atoms with Gasteiger partial charge in [-0.2, -0.15) is 0 Å². The van der Waals surface area contributed by atoms with E-state index in [-0.39, 0.29) is 29.4 Å². The number of benzene rings is 2. The third-order valence-electron chi connectivity index (χ3n) is 5.07. The Balaban J connectivity index is 1.62. The fraction of sp³-hybridized carbons (Fsp3) is 0.227. The molecule has 1 aliphatic carbocycles. The molecule has 0 bridgehead atoms. The quantitative estimate of drug-likeness (QED) is 0.754. The summed E-state index contributed by atoms with van der Waals surface area (Å²) in [5.74, 6) is 0.0623. The molecule has 0 spiro atoms. The van der Waals surface area contributed by atoms with Gasteiger partial charge in [-0.3, -0.25) is 19.5 Å². The fourth-order valence-electron chi connectivity index (χ4n) is 3.63. The smallest absolute Gasteiger partial charge is 0.238 e. The summed E-state index contributed by atoms with van der Waals surface area (Å²) in [6, 6.07) is 17.1. The summed E-state index contributed by atoms with van der Waals surface area (Å²) < 4.78 is 0. The molecule has 0 saturated carbocycles. The molecule has 0 radical (unpaired) electrons. The zero-order valence-corrected chi connectivity index (χ0v) is 16.1. The van der Waals surface area contributed by atoms with Crippen molar-refractivity contribution in [1.29, 1.82) is 0 Å². The summed E-state index contributed by atoms with van der Waals surface area (Å²) in [7, 11) is 1.74. The first-order chi connectivity index (χ1) is 13.1. The summed E-state index contributed by atoms with van der Waals surface area (Å²) in [5.41, 5.74) is 3.89. The van der Waals surface area contributed by atoms with Crippen LogP contribution in [0.1, 0.15) is 34.5 Å². The van der Waals surface area contributed by atoms with Crippen molar-refractivity contribution in [3.63, 3.8) is 0 Å². The molecule has 5 heteroatoms. The first-order valence-corrected chi connectivity index (χ1v) is 9.88. The van der Waals surface area contributed by atoms with Crippen molar-refractivity contribution in [2.75, 3.05) is 12.8 Å². The van der Waals surface area contributed by atoms with Crippen LogP contribution in [0.5, 0.6) is 0 Å². The van der Waals surface area contributed by atoms with Gasteiger partial charge in [0.2, 0.25) is 5.91 Å². The Kier molecular flexibility index (Phi) is 4.70. The number of aliphatic imine (C=N–C) groups is 1. The van der Waals surface area contributed by atoms with Gasteiger partial charge in [0.1, 0.15) is 0 Å². The van der Waals surface area contributed by atoms with Gasteiger partial charge < -0.3 is 0 Å². The van der Waals surface area contributed by atoms with E-state index in [1.807, 2.05) is 55.5 Å².